The van der Waals surface area contributed by atoms with Gasteiger partial charge in [-0.3, -0.25) is 0 Å². The predicted molar refractivity (Wildman–Crippen MR) is 56.7 cm³/mol. The fourth-order valence-corrected chi connectivity index (χ4v) is 1.62. The van der Waals surface area contributed by atoms with Crippen LogP contribution in [0.2, 0.25) is 0 Å². The Labute approximate surface area is 95.5 Å². The maximum atomic E-state index is 11.3. The minimum atomic E-state index is -0.474. The molecule has 4 nitrogen and oxygen atoms in total. The SMILES string of the molecule is COC(=O)c1cc(Br)c(C#N)c(OC)c1. The third-order valence-electron chi connectivity index (χ3n) is 1.81. The van der Waals surface area contributed by atoms with Gasteiger partial charge < -0.3 is 9.47 Å². The highest BCUT2D eigenvalue weighted by molar-refractivity contribution is 9.10. The van der Waals surface area contributed by atoms with E-state index in [4.69, 9.17) is 10.00 Å². The van der Waals surface area contributed by atoms with Crippen molar-refractivity contribution in [3.05, 3.63) is 27.7 Å². The maximum Gasteiger partial charge on any atom is 0.338 e. The number of ether oxygens (including phenoxy) is 2. The molecule has 0 fully saturated rings. The largest absolute Gasteiger partial charge is 0.495 e. The summed E-state index contributed by atoms with van der Waals surface area (Å²) in [4.78, 5) is 11.3. The summed E-state index contributed by atoms with van der Waals surface area (Å²) in [5.41, 5.74) is 0.686. The Morgan fingerprint density at radius 3 is 2.60 bits per heavy atom. The van der Waals surface area contributed by atoms with Crippen LogP contribution in [0, 0.1) is 11.3 Å². The van der Waals surface area contributed by atoms with Gasteiger partial charge in [-0.25, -0.2) is 4.79 Å². The number of carbonyl (C=O) groups is 1. The second-order valence-corrected chi connectivity index (χ2v) is 3.49. The molecule has 78 valence electrons. The van der Waals surface area contributed by atoms with E-state index in [2.05, 4.69) is 20.7 Å². The van der Waals surface area contributed by atoms with Gasteiger partial charge in [0, 0.05) is 4.47 Å². The fourth-order valence-electron chi connectivity index (χ4n) is 1.09. The molecule has 0 aliphatic heterocycles. The molecule has 0 atom stereocenters. The number of nitrogens with zero attached hydrogens (tertiary/aromatic N) is 1. The first-order chi connectivity index (χ1) is 7.13. The smallest absolute Gasteiger partial charge is 0.338 e. The van der Waals surface area contributed by atoms with Gasteiger partial charge in [-0.2, -0.15) is 5.26 Å². The Bertz CT molecular complexity index is 437. The normalized spacial score (nSPS) is 9.20. The average molecular weight is 270 g/mol. The summed E-state index contributed by atoms with van der Waals surface area (Å²) >= 11 is 3.19. The molecular formula is C10H8BrNO3. The molecule has 0 N–H and O–H groups in total. The van der Waals surface area contributed by atoms with Crippen LogP contribution < -0.4 is 4.74 Å². The zero-order valence-corrected chi connectivity index (χ0v) is 9.79. The molecule has 0 saturated carbocycles. The van der Waals surface area contributed by atoms with Crippen molar-refractivity contribution in [1.29, 1.82) is 5.26 Å². The van der Waals surface area contributed by atoms with Crippen molar-refractivity contribution in [3.63, 3.8) is 0 Å². The number of hydrogen-bond donors (Lipinski definition) is 0. The van der Waals surface area contributed by atoms with Gasteiger partial charge >= 0.3 is 5.97 Å². The predicted octanol–water partition coefficient (Wildman–Crippen LogP) is 2.12. The summed E-state index contributed by atoms with van der Waals surface area (Å²) in [5.74, 6) is -0.134. The molecule has 0 bridgehead atoms. The number of nitriles is 1. The Morgan fingerprint density at radius 2 is 2.13 bits per heavy atom. The number of halogens is 1. The Hall–Kier alpha value is -1.54. The molecule has 0 aliphatic carbocycles. The lowest BCUT2D eigenvalue weighted by Gasteiger charge is -2.07. The first-order valence-electron chi connectivity index (χ1n) is 4.00. The van der Waals surface area contributed by atoms with Crippen molar-refractivity contribution in [3.8, 4) is 11.8 Å². The highest BCUT2D eigenvalue weighted by Crippen LogP contribution is 2.28. The van der Waals surface area contributed by atoms with Gasteiger partial charge in [0.15, 0.2) is 0 Å². The highest BCUT2D eigenvalue weighted by atomic mass is 79.9. The molecule has 0 radical (unpaired) electrons. The van der Waals surface area contributed by atoms with E-state index in [1.165, 1.54) is 26.4 Å². The van der Waals surface area contributed by atoms with Gasteiger partial charge in [0.1, 0.15) is 17.4 Å². The van der Waals surface area contributed by atoms with E-state index in [9.17, 15) is 4.79 Å². The van der Waals surface area contributed by atoms with Gasteiger partial charge in [0.05, 0.1) is 19.8 Å². The zero-order chi connectivity index (χ0) is 11.4. The van der Waals surface area contributed by atoms with Gasteiger partial charge in [-0.05, 0) is 28.1 Å². The second kappa shape index (κ2) is 4.80. The number of carbonyl (C=O) groups excluding carboxylic acids is 1. The van der Waals surface area contributed by atoms with Crippen molar-refractivity contribution in [2.45, 2.75) is 0 Å². The maximum absolute atomic E-state index is 11.3. The van der Waals surface area contributed by atoms with E-state index in [-0.39, 0.29) is 0 Å². The second-order valence-electron chi connectivity index (χ2n) is 2.64. The molecular weight excluding hydrogens is 262 g/mol. The monoisotopic (exact) mass is 269 g/mol. The van der Waals surface area contributed by atoms with E-state index in [1.54, 1.807) is 0 Å². The molecule has 15 heavy (non-hydrogen) atoms. The van der Waals surface area contributed by atoms with Gasteiger partial charge in [0.2, 0.25) is 0 Å². The highest BCUT2D eigenvalue weighted by Gasteiger charge is 2.14. The molecule has 0 saturated heterocycles. The summed E-state index contributed by atoms with van der Waals surface area (Å²) in [5, 5.41) is 8.84. The molecule has 0 spiro atoms. The fraction of sp³-hybridized carbons (Fsp3) is 0.200. The van der Waals surface area contributed by atoms with E-state index in [0.717, 1.165) is 0 Å². The van der Waals surface area contributed by atoms with E-state index >= 15 is 0 Å². The summed E-state index contributed by atoms with van der Waals surface area (Å²) in [6.07, 6.45) is 0. The van der Waals surface area contributed by atoms with E-state index < -0.39 is 5.97 Å². The van der Waals surface area contributed by atoms with Crippen molar-refractivity contribution in [1.82, 2.24) is 0 Å². The van der Waals surface area contributed by atoms with Crippen LogP contribution in [0.25, 0.3) is 0 Å². The molecule has 0 unspecified atom stereocenters. The van der Waals surface area contributed by atoms with Crippen LogP contribution in [0.1, 0.15) is 15.9 Å². The van der Waals surface area contributed by atoms with Crippen LogP contribution in [0.3, 0.4) is 0 Å². The number of methoxy groups -OCH3 is 2. The van der Waals surface area contributed by atoms with Gasteiger partial charge in [-0.15, -0.1) is 0 Å². The average Bonchev–Trinajstić information content (AvgIpc) is 2.26. The van der Waals surface area contributed by atoms with E-state index in [1.807, 2.05) is 6.07 Å². The number of esters is 1. The lowest BCUT2D eigenvalue weighted by atomic mass is 10.1. The number of rotatable bonds is 2. The molecule has 5 heteroatoms. The number of hydrogen-bond acceptors (Lipinski definition) is 4. The molecule has 1 rings (SSSR count). The zero-order valence-electron chi connectivity index (χ0n) is 8.20. The van der Waals surface area contributed by atoms with Crippen LogP contribution in [0.15, 0.2) is 16.6 Å². The molecule has 0 amide bonds. The first kappa shape index (κ1) is 11.5. The van der Waals surface area contributed by atoms with Crippen LogP contribution >= 0.6 is 15.9 Å². The molecule has 1 aromatic rings. The Balaban J connectivity index is 3.33. The molecule has 0 aliphatic rings. The minimum absolute atomic E-state index is 0.334. The number of benzene rings is 1. The quantitative estimate of drug-likeness (QED) is 0.772. The topological polar surface area (TPSA) is 59.3 Å². The minimum Gasteiger partial charge on any atom is -0.495 e. The van der Waals surface area contributed by atoms with Crippen molar-refractivity contribution in [2.75, 3.05) is 14.2 Å². The van der Waals surface area contributed by atoms with Crippen LogP contribution in [-0.2, 0) is 4.74 Å². The van der Waals surface area contributed by atoms with Crippen molar-refractivity contribution >= 4 is 21.9 Å². The molecule has 0 heterocycles. The van der Waals surface area contributed by atoms with Crippen molar-refractivity contribution < 1.29 is 14.3 Å². The lowest BCUT2D eigenvalue weighted by molar-refractivity contribution is 0.0600. The van der Waals surface area contributed by atoms with Crippen LogP contribution in [0.4, 0.5) is 0 Å². The van der Waals surface area contributed by atoms with Crippen LogP contribution in [-0.4, -0.2) is 20.2 Å². The van der Waals surface area contributed by atoms with Gasteiger partial charge in [0.25, 0.3) is 0 Å². The summed E-state index contributed by atoms with van der Waals surface area (Å²) in [6, 6.07) is 4.96. The summed E-state index contributed by atoms with van der Waals surface area (Å²) < 4.78 is 10.1. The van der Waals surface area contributed by atoms with E-state index in [0.29, 0.717) is 21.3 Å². The summed E-state index contributed by atoms with van der Waals surface area (Å²) in [6.45, 7) is 0. The first-order valence-corrected chi connectivity index (χ1v) is 4.79. The molecule has 0 aromatic heterocycles. The molecule has 1 aromatic carbocycles. The Morgan fingerprint density at radius 1 is 1.47 bits per heavy atom. The third kappa shape index (κ3) is 2.28. The third-order valence-corrected chi connectivity index (χ3v) is 2.43. The van der Waals surface area contributed by atoms with Crippen molar-refractivity contribution in [2.24, 2.45) is 0 Å². The summed E-state index contributed by atoms with van der Waals surface area (Å²) in [7, 11) is 2.73. The standard InChI is InChI=1S/C10H8BrNO3/c1-14-9-4-6(10(13)15-2)3-8(11)7(9)5-12/h3-4H,1-2H3. The lowest BCUT2D eigenvalue weighted by Crippen LogP contribution is -2.02. The van der Waals surface area contributed by atoms with Gasteiger partial charge in [-0.1, -0.05) is 0 Å². The van der Waals surface area contributed by atoms with Crippen LogP contribution in [0.5, 0.6) is 5.75 Å². The Kier molecular flexibility index (Phi) is 3.69.